The highest BCUT2D eigenvalue weighted by Gasteiger charge is 2.46. The van der Waals surface area contributed by atoms with E-state index in [0.29, 0.717) is 18.5 Å². The van der Waals surface area contributed by atoms with Crippen LogP contribution < -0.4 is 4.90 Å². The van der Waals surface area contributed by atoms with Gasteiger partial charge in [0.15, 0.2) is 0 Å². The van der Waals surface area contributed by atoms with Crippen LogP contribution in [0.3, 0.4) is 0 Å². The second-order valence-electron chi connectivity index (χ2n) is 7.87. The lowest BCUT2D eigenvalue weighted by molar-refractivity contribution is -0.192. The van der Waals surface area contributed by atoms with Gasteiger partial charge in [0.25, 0.3) is 0 Å². The SMILES string of the molecule is N#Cc1ccc(N2CCC3(CCC(=O)N3Cc3ccncc3)CC2)nc1.O=C(O)C(F)(F)F. The van der Waals surface area contributed by atoms with E-state index in [1.807, 2.05) is 24.3 Å². The van der Waals surface area contributed by atoms with Crippen LogP contribution in [0.15, 0.2) is 42.9 Å². The van der Waals surface area contributed by atoms with Crippen LogP contribution >= 0.6 is 0 Å². The van der Waals surface area contributed by atoms with Crippen molar-refractivity contribution in [2.75, 3.05) is 18.0 Å². The van der Waals surface area contributed by atoms with E-state index in [4.69, 9.17) is 15.2 Å². The number of carbonyl (C=O) groups excluding carboxylic acids is 1. The minimum Gasteiger partial charge on any atom is -0.475 e. The number of nitriles is 1. The number of piperidine rings is 1. The van der Waals surface area contributed by atoms with E-state index in [1.54, 1.807) is 18.6 Å². The number of hydrogen-bond donors (Lipinski definition) is 1. The van der Waals surface area contributed by atoms with Crippen molar-refractivity contribution in [1.82, 2.24) is 14.9 Å². The summed E-state index contributed by atoms with van der Waals surface area (Å²) in [5, 5.41) is 16.0. The molecule has 1 spiro atoms. The highest BCUT2D eigenvalue weighted by molar-refractivity contribution is 5.80. The molecule has 0 radical (unpaired) electrons. The number of carbonyl (C=O) groups is 2. The van der Waals surface area contributed by atoms with Gasteiger partial charge in [-0.2, -0.15) is 18.4 Å². The molecule has 4 rings (SSSR count). The lowest BCUT2D eigenvalue weighted by Gasteiger charge is -2.45. The standard InChI is InChI=1S/C20H21N5O.C2HF3O2/c21-13-17-1-2-18(23-14-17)24-11-7-20(8-12-24)6-3-19(26)25(20)15-16-4-9-22-10-5-16;3-2(4,5)1(6)7/h1-2,4-5,9-10,14H,3,6-8,11-12,15H2;(H,6,7). The summed E-state index contributed by atoms with van der Waals surface area (Å²) in [7, 11) is 0. The monoisotopic (exact) mass is 461 g/mol. The Morgan fingerprint density at radius 2 is 1.79 bits per heavy atom. The Morgan fingerprint density at radius 1 is 1.15 bits per heavy atom. The summed E-state index contributed by atoms with van der Waals surface area (Å²) in [4.78, 5) is 34.2. The first-order chi connectivity index (χ1) is 15.6. The lowest BCUT2D eigenvalue weighted by atomic mass is 9.84. The molecule has 2 aliphatic heterocycles. The Balaban J connectivity index is 0.000000383. The Bertz CT molecular complexity index is 1010. The molecule has 0 aromatic carbocycles. The van der Waals surface area contributed by atoms with Crippen molar-refractivity contribution in [3.8, 4) is 6.07 Å². The van der Waals surface area contributed by atoms with Crippen LogP contribution in [-0.2, 0) is 16.1 Å². The molecular formula is C22H22F3N5O3. The minimum atomic E-state index is -5.08. The third-order valence-corrected chi connectivity index (χ3v) is 5.91. The van der Waals surface area contributed by atoms with Crippen LogP contribution in [0.4, 0.5) is 19.0 Å². The Hall–Kier alpha value is -3.68. The number of hydrogen-bond acceptors (Lipinski definition) is 6. The maximum atomic E-state index is 12.5. The van der Waals surface area contributed by atoms with Crippen molar-refractivity contribution in [3.05, 3.63) is 54.0 Å². The second kappa shape index (κ2) is 9.85. The average molecular weight is 461 g/mol. The average Bonchev–Trinajstić information content (AvgIpc) is 3.10. The van der Waals surface area contributed by atoms with Gasteiger partial charge in [0, 0.05) is 50.2 Å². The Morgan fingerprint density at radius 3 is 2.30 bits per heavy atom. The zero-order valence-corrected chi connectivity index (χ0v) is 17.6. The number of amides is 1. The molecule has 0 bridgehead atoms. The summed E-state index contributed by atoms with van der Waals surface area (Å²) in [6.07, 6.45) is 3.57. The maximum Gasteiger partial charge on any atom is 0.490 e. The van der Waals surface area contributed by atoms with Crippen LogP contribution in [0, 0.1) is 11.3 Å². The van der Waals surface area contributed by atoms with Gasteiger partial charge in [-0.05, 0) is 49.1 Å². The van der Waals surface area contributed by atoms with Crippen molar-refractivity contribution >= 4 is 17.7 Å². The minimum absolute atomic E-state index is 0.0382. The summed E-state index contributed by atoms with van der Waals surface area (Å²) in [5.41, 5.74) is 1.67. The number of aromatic nitrogens is 2. The predicted octanol–water partition coefficient (Wildman–Crippen LogP) is 3.14. The molecule has 11 heteroatoms. The van der Waals surface area contributed by atoms with Crippen LogP contribution in [0.5, 0.6) is 0 Å². The molecule has 0 aliphatic carbocycles. The maximum absolute atomic E-state index is 12.5. The van der Waals surface area contributed by atoms with Gasteiger partial charge < -0.3 is 14.9 Å². The zero-order valence-electron chi connectivity index (χ0n) is 17.6. The van der Waals surface area contributed by atoms with Crippen molar-refractivity contribution < 1.29 is 27.9 Å². The Kier molecular flexibility index (Phi) is 7.16. The molecule has 2 aromatic heterocycles. The molecule has 0 unspecified atom stereocenters. The van der Waals surface area contributed by atoms with Gasteiger partial charge in [-0.3, -0.25) is 9.78 Å². The normalized spacial score (nSPS) is 17.3. The van der Waals surface area contributed by atoms with Gasteiger partial charge in [0.1, 0.15) is 11.9 Å². The molecule has 174 valence electrons. The summed E-state index contributed by atoms with van der Waals surface area (Å²) in [6.45, 7) is 2.41. The molecule has 0 saturated carbocycles. The number of halogens is 3. The van der Waals surface area contributed by atoms with E-state index in [9.17, 15) is 18.0 Å². The van der Waals surface area contributed by atoms with Crippen LogP contribution in [0.2, 0.25) is 0 Å². The van der Waals surface area contributed by atoms with Crippen molar-refractivity contribution in [3.63, 3.8) is 0 Å². The molecule has 8 nitrogen and oxygen atoms in total. The van der Waals surface area contributed by atoms with Crippen molar-refractivity contribution in [1.29, 1.82) is 5.26 Å². The third-order valence-electron chi connectivity index (χ3n) is 5.91. The molecule has 2 aromatic rings. The van der Waals surface area contributed by atoms with E-state index < -0.39 is 12.1 Å². The fourth-order valence-electron chi connectivity index (χ4n) is 4.11. The first-order valence-electron chi connectivity index (χ1n) is 10.3. The first-order valence-corrected chi connectivity index (χ1v) is 10.3. The van der Waals surface area contributed by atoms with Gasteiger partial charge >= 0.3 is 12.1 Å². The smallest absolute Gasteiger partial charge is 0.475 e. The number of carboxylic acid groups (broad SMARTS) is 1. The molecule has 2 saturated heterocycles. The molecule has 1 N–H and O–H groups in total. The number of pyridine rings is 2. The highest BCUT2D eigenvalue weighted by atomic mass is 19.4. The van der Waals surface area contributed by atoms with E-state index in [1.165, 1.54) is 0 Å². The molecule has 2 fully saturated rings. The third kappa shape index (κ3) is 5.77. The van der Waals surface area contributed by atoms with Crippen LogP contribution in [-0.4, -0.2) is 56.7 Å². The molecular weight excluding hydrogens is 439 g/mol. The largest absolute Gasteiger partial charge is 0.490 e. The molecule has 1 amide bonds. The van der Waals surface area contributed by atoms with Crippen molar-refractivity contribution in [2.24, 2.45) is 0 Å². The number of nitrogens with zero attached hydrogens (tertiary/aromatic N) is 5. The number of aliphatic carboxylic acids is 1. The summed E-state index contributed by atoms with van der Waals surface area (Å²) >= 11 is 0. The van der Waals surface area contributed by atoms with Gasteiger partial charge in [-0.1, -0.05) is 0 Å². The van der Waals surface area contributed by atoms with Crippen LogP contribution in [0.25, 0.3) is 0 Å². The molecule has 2 aliphatic rings. The number of likely N-dealkylation sites (tertiary alicyclic amines) is 1. The molecule has 33 heavy (non-hydrogen) atoms. The number of alkyl halides is 3. The number of rotatable bonds is 3. The molecule has 0 atom stereocenters. The van der Waals surface area contributed by atoms with Gasteiger partial charge in [-0.25, -0.2) is 9.78 Å². The topological polar surface area (TPSA) is 110 Å². The van der Waals surface area contributed by atoms with E-state index in [2.05, 4.69) is 25.8 Å². The van der Waals surface area contributed by atoms with E-state index in [0.717, 1.165) is 43.7 Å². The summed E-state index contributed by atoms with van der Waals surface area (Å²) < 4.78 is 31.7. The lowest BCUT2D eigenvalue weighted by Crippen LogP contribution is -2.53. The van der Waals surface area contributed by atoms with Gasteiger partial charge in [0.05, 0.1) is 5.56 Å². The fourth-order valence-corrected chi connectivity index (χ4v) is 4.11. The number of anilines is 1. The van der Waals surface area contributed by atoms with Crippen LogP contribution in [0.1, 0.15) is 36.8 Å². The number of carboxylic acids is 1. The second-order valence-corrected chi connectivity index (χ2v) is 7.87. The van der Waals surface area contributed by atoms with Gasteiger partial charge in [0.2, 0.25) is 5.91 Å². The summed E-state index contributed by atoms with van der Waals surface area (Å²) in [5.74, 6) is -1.59. The van der Waals surface area contributed by atoms with Gasteiger partial charge in [-0.15, -0.1) is 0 Å². The predicted molar refractivity (Wildman–Crippen MR) is 111 cm³/mol. The van der Waals surface area contributed by atoms with E-state index in [-0.39, 0.29) is 11.4 Å². The van der Waals surface area contributed by atoms with Crippen molar-refractivity contribution in [2.45, 2.75) is 43.9 Å². The fraction of sp³-hybridized carbons (Fsp3) is 0.409. The molecule has 4 heterocycles. The highest BCUT2D eigenvalue weighted by Crippen LogP contribution is 2.40. The van der Waals surface area contributed by atoms with E-state index >= 15 is 0 Å². The first kappa shape index (κ1) is 24.0. The Labute approximate surface area is 188 Å². The zero-order chi connectivity index (χ0) is 24.1. The quantitative estimate of drug-likeness (QED) is 0.748. The summed E-state index contributed by atoms with van der Waals surface area (Å²) in [6, 6.07) is 9.78.